The van der Waals surface area contributed by atoms with Crippen LogP contribution in [0, 0.1) is 0 Å². The predicted octanol–water partition coefficient (Wildman–Crippen LogP) is 8.38. The van der Waals surface area contributed by atoms with Crippen LogP contribution in [0.3, 0.4) is 0 Å². The summed E-state index contributed by atoms with van der Waals surface area (Å²) in [6, 6.07) is 26.8. The van der Waals surface area contributed by atoms with E-state index in [1.165, 1.54) is 50.9 Å². The molecule has 35 heavy (non-hydrogen) atoms. The first kappa shape index (κ1) is 23.7. The molecule has 0 unspecified atom stereocenters. The molecule has 180 valence electrons. The van der Waals surface area contributed by atoms with Crippen molar-refractivity contribution < 1.29 is 9.47 Å². The van der Waals surface area contributed by atoms with Gasteiger partial charge in [-0.1, -0.05) is 48.4 Å². The lowest BCUT2D eigenvalue weighted by molar-refractivity contribution is 0.226. The number of likely N-dealkylation sites (tertiary alicyclic amines) is 1. The van der Waals surface area contributed by atoms with Crippen molar-refractivity contribution in [2.24, 2.45) is 0 Å². The zero-order chi connectivity index (χ0) is 24.0. The number of aryl methyl sites for hydroxylation is 1. The Hall–Kier alpha value is -3.01. The Balaban J connectivity index is 1.37. The van der Waals surface area contributed by atoms with E-state index in [0.717, 1.165) is 50.6 Å². The topological polar surface area (TPSA) is 21.7 Å². The molecule has 0 radical (unpaired) electrons. The molecule has 1 aliphatic heterocycles. The van der Waals surface area contributed by atoms with Gasteiger partial charge >= 0.3 is 0 Å². The van der Waals surface area contributed by atoms with Gasteiger partial charge in [0.2, 0.25) is 0 Å². The number of hydrogen-bond acceptors (Lipinski definition) is 3. The van der Waals surface area contributed by atoms with Crippen LogP contribution in [0.25, 0.3) is 21.9 Å². The van der Waals surface area contributed by atoms with Gasteiger partial charge in [0.15, 0.2) is 0 Å². The summed E-state index contributed by atoms with van der Waals surface area (Å²) in [5.74, 6) is 2.50. The Labute approximate surface area is 213 Å². The molecule has 1 fully saturated rings. The number of hydrogen-bond donors (Lipinski definition) is 0. The van der Waals surface area contributed by atoms with Crippen LogP contribution in [0.15, 0.2) is 78.9 Å². The molecule has 4 aromatic carbocycles. The van der Waals surface area contributed by atoms with Crippen molar-refractivity contribution in [3.05, 3.63) is 89.4 Å². The zero-order valence-electron chi connectivity index (χ0n) is 20.3. The number of piperidine rings is 1. The predicted molar refractivity (Wildman–Crippen MR) is 146 cm³/mol. The summed E-state index contributed by atoms with van der Waals surface area (Å²) in [6.07, 6.45) is 6.39. The Morgan fingerprint density at radius 3 is 2.29 bits per heavy atom. The molecule has 1 heterocycles. The first-order chi connectivity index (χ1) is 17.2. The van der Waals surface area contributed by atoms with Crippen LogP contribution in [-0.2, 0) is 6.42 Å². The first-order valence-electron chi connectivity index (χ1n) is 12.6. The van der Waals surface area contributed by atoms with Gasteiger partial charge in [-0.3, -0.25) is 0 Å². The second kappa shape index (κ2) is 11.2. The highest BCUT2D eigenvalue weighted by atomic mass is 35.5. The van der Waals surface area contributed by atoms with Crippen LogP contribution in [0.5, 0.6) is 17.2 Å². The van der Waals surface area contributed by atoms with E-state index in [4.69, 9.17) is 21.1 Å². The fourth-order valence-corrected chi connectivity index (χ4v) is 5.03. The van der Waals surface area contributed by atoms with Crippen molar-refractivity contribution in [1.82, 2.24) is 4.90 Å². The molecule has 0 aliphatic carbocycles. The summed E-state index contributed by atoms with van der Waals surface area (Å²) in [7, 11) is 1.69. The molecule has 4 aromatic rings. The van der Waals surface area contributed by atoms with Gasteiger partial charge in [-0.05, 0) is 110 Å². The molecule has 0 saturated carbocycles. The molecule has 0 aromatic heterocycles. The summed E-state index contributed by atoms with van der Waals surface area (Å²) < 4.78 is 12.0. The van der Waals surface area contributed by atoms with E-state index >= 15 is 0 Å². The molecule has 1 aliphatic rings. The van der Waals surface area contributed by atoms with E-state index in [0.29, 0.717) is 0 Å². The van der Waals surface area contributed by atoms with Crippen molar-refractivity contribution in [1.29, 1.82) is 0 Å². The number of fused-ring (bicyclic) bond motifs is 1. The molecule has 4 heteroatoms. The molecule has 1 saturated heterocycles. The SMILES string of the molecule is COc1ccc2c(Oc3ccc(CCCN4CCCCC4)cc3)c(-c3ccc(Cl)cc3)ccc2c1. The van der Waals surface area contributed by atoms with Gasteiger partial charge in [0.25, 0.3) is 0 Å². The maximum Gasteiger partial charge on any atom is 0.143 e. The van der Waals surface area contributed by atoms with E-state index in [2.05, 4.69) is 47.4 Å². The second-order valence-corrected chi connectivity index (χ2v) is 9.72. The quantitative estimate of drug-likeness (QED) is 0.250. The average Bonchev–Trinajstić information content (AvgIpc) is 2.91. The first-order valence-corrected chi connectivity index (χ1v) is 12.9. The smallest absolute Gasteiger partial charge is 0.143 e. The Kier molecular flexibility index (Phi) is 7.56. The lowest BCUT2D eigenvalue weighted by atomic mass is 9.99. The zero-order valence-corrected chi connectivity index (χ0v) is 21.1. The van der Waals surface area contributed by atoms with E-state index in [9.17, 15) is 0 Å². The summed E-state index contributed by atoms with van der Waals surface area (Å²) in [5, 5.41) is 2.84. The Morgan fingerprint density at radius 2 is 1.54 bits per heavy atom. The third-order valence-corrected chi connectivity index (χ3v) is 7.12. The molecule has 0 amide bonds. The van der Waals surface area contributed by atoms with Gasteiger partial charge in [-0.2, -0.15) is 0 Å². The van der Waals surface area contributed by atoms with Crippen molar-refractivity contribution in [2.75, 3.05) is 26.7 Å². The lowest BCUT2D eigenvalue weighted by Gasteiger charge is -2.26. The second-order valence-electron chi connectivity index (χ2n) is 9.29. The van der Waals surface area contributed by atoms with Crippen LogP contribution < -0.4 is 9.47 Å². The minimum atomic E-state index is 0.720. The van der Waals surface area contributed by atoms with Gasteiger partial charge < -0.3 is 14.4 Å². The van der Waals surface area contributed by atoms with E-state index < -0.39 is 0 Å². The van der Waals surface area contributed by atoms with Crippen LogP contribution in [-0.4, -0.2) is 31.6 Å². The van der Waals surface area contributed by atoms with Crippen LogP contribution in [0.2, 0.25) is 5.02 Å². The number of methoxy groups -OCH3 is 1. The highest BCUT2D eigenvalue weighted by Crippen LogP contribution is 2.41. The van der Waals surface area contributed by atoms with Crippen molar-refractivity contribution in [3.8, 4) is 28.4 Å². The van der Waals surface area contributed by atoms with E-state index in [1.54, 1.807) is 7.11 Å². The summed E-state index contributed by atoms with van der Waals surface area (Å²) in [6.45, 7) is 3.72. The van der Waals surface area contributed by atoms with Crippen molar-refractivity contribution >= 4 is 22.4 Å². The highest BCUT2D eigenvalue weighted by molar-refractivity contribution is 6.30. The van der Waals surface area contributed by atoms with Crippen LogP contribution in [0.4, 0.5) is 0 Å². The minimum Gasteiger partial charge on any atom is -0.497 e. The fourth-order valence-electron chi connectivity index (χ4n) is 4.90. The number of benzene rings is 4. The maximum atomic E-state index is 6.55. The minimum absolute atomic E-state index is 0.720. The van der Waals surface area contributed by atoms with Gasteiger partial charge in [0.05, 0.1) is 7.11 Å². The molecule has 0 bridgehead atoms. The highest BCUT2D eigenvalue weighted by Gasteiger charge is 2.14. The van der Waals surface area contributed by atoms with Crippen LogP contribution >= 0.6 is 11.6 Å². The van der Waals surface area contributed by atoms with Crippen LogP contribution in [0.1, 0.15) is 31.2 Å². The molecular weight excluding hydrogens is 454 g/mol. The standard InChI is InChI=1S/C31H32ClNO2/c1-34-28-16-18-30-25(22-28)11-17-29(24-9-12-26(32)13-10-24)31(30)35-27-14-7-23(8-15-27)6-5-21-33-19-3-2-4-20-33/h7-18,22H,2-6,19-21H2,1H3. The molecule has 0 atom stereocenters. The normalized spacial score (nSPS) is 14.2. The number of halogens is 1. The molecule has 3 nitrogen and oxygen atoms in total. The third kappa shape index (κ3) is 5.80. The monoisotopic (exact) mass is 485 g/mol. The fraction of sp³-hybridized carbons (Fsp3) is 0.290. The number of nitrogens with zero attached hydrogens (tertiary/aromatic N) is 1. The van der Waals surface area contributed by atoms with Gasteiger partial charge in [-0.15, -0.1) is 0 Å². The van der Waals surface area contributed by atoms with Crippen molar-refractivity contribution in [2.45, 2.75) is 32.1 Å². The largest absolute Gasteiger partial charge is 0.497 e. The lowest BCUT2D eigenvalue weighted by Crippen LogP contribution is -2.30. The third-order valence-electron chi connectivity index (χ3n) is 6.86. The van der Waals surface area contributed by atoms with Gasteiger partial charge in [0, 0.05) is 16.0 Å². The number of rotatable bonds is 8. The van der Waals surface area contributed by atoms with Crippen molar-refractivity contribution in [3.63, 3.8) is 0 Å². The summed E-state index contributed by atoms with van der Waals surface area (Å²) in [5.41, 5.74) is 3.45. The maximum absolute atomic E-state index is 6.55. The Morgan fingerprint density at radius 1 is 0.800 bits per heavy atom. The Bertz CT molecular complexity index is 1260. The molecule has 0 N–H and O–H groups in total. The average molecular weight is 486 g/mol. The summed E-state index contributed by atoms with van der Waals surface area (Å²) >= 11 is 6.14. The van der Waals surface area contributed by atoms with Gasteiger partial charge in [-0.25, -0.2) is 0 Å². The van der Waals surface area contributed by atoms with E-state index in [1.807, 2.05) is 36.4 Å². The molecular formula is C31H32ClNO2. The summed E-state index contributed by atoms with van der Waals surface area (Å²) in [4.78, 5) is 2.61. The van der Waals surface area contributed by atoms with E-state index in [-0.39, 0.29) is 0 Å². The molecule has 5 rings (SSSR count). The molecule has 0 spiro atoms. The van der Waals surface area contributed by atoms with Gasteiger partial charge in [0.1, 0.15) is 17.2 Å². The number of ether oxygens (including phenoxy) is 2.